The van der Waals surface area contributed by atoms with Crippen LogP contribution >= 0.6 is 0 Å². The van der Waals surface area contributed by atoms with Gasteiger partial charge in [0.25, 0.3) is 5.69 Å². The molecule has 22 heavy (non-hydrogen) atoms. The Morgan fingerprint density at radius 2 is 1.95 bits per heavy atom. The molecule has 6 nitrogen and oxygen atoms in total. The lowest BCUT2D eigenvalue weighted by molar-refractivity contribution is -0.383. The summed E-state index contributed by atoms with van der Waals surface area (Å²) in [6.07, 6.45) is 0. The normalized spacial score (nSPS) is 10.8. The third-order valence-corrected chi connectivity index (χ3v) is 3.66. The van der Waals surface area contributed by atoms with E-state index in [9.17, 15) is 15.2 Å². The van der Waals surface area contributed by atoms with E-state index in [0.29, 0.717) is 28.0 Å². The molecule has 0 saturated carbocycles. The van der Waals surface area contributed by atoms with E-state index in [1.807, 2.05) is 18.2 Å². The maximum absolute atomic E-state index is 11.4. The fourth-order valence-corrected chi connectivity index (χ4v) is 2.74. The highest BCUT2D eigenvalue weighted by Crippen LogP contribution is 2.38. The van der Waals surface area contributed by atoms with E-state index in [1.165, 1.54) is 12.1 Å². The average Bonchev–Trinajstić information content (AvgIpc) is 2.78. The van der Waals surface area contributed by atoms with Gasteiger partial charge in [-0.2, -0.15) is 0 Å². The number of para-hydroxylation sites is 2. The van der Waals surface area contributed by atoms with Crippen LogP contribution in [-0.4, -0.2) is 21.7 Å². The van der Waals surface area contributed by atoms with Gasteiger partial charge < -0.3 is 14.4 Å². The minimum absolute atomic E-state index is 0.0286. The Bertz CT molecular complexity index is 883. The summed E-state index contributed by atoms with van der Waals surface area (Å²) in [6, 6.07) is 11.8. The molecule has 0 aliphatic carbocycles. The van der Waals surface area contributed by atoms with Gasteiger partial charge in [0.05, 0.1) is 34.3 Å². The van der Waals surface area contributed by atoms with Gasteiger partial charge in [0.15, 0.2) is 0 Å². The van der Waals surface area contributed by atoms with Crippen LogP contribution in [0.25, 0.3) is 16.6 Å². The second kappa shape index (κ2) is 5.07. The van der Waals surface area contributed by atoms with Crippen LogP contribution in [0.4, 0.5) is 5.69 Å². The van der Waals surface area contributed by atoms with E-state index in [4.69, 9.17) is 4.74 Å². The van der Waals surface area contributed by atoms with Gasteiger partial charge in [0, 0.05) is 6.07 Å². The van der Waals surface area contributed by atoms with Crippen LogP contribution in [0.5, 0.6) is 11.5 Å². The van der Waals surface area contributed by atoms with E-state index in [0.717, 1.165) is 0 Å². The van der Waals surface area contributed by atoms with E-state index < -0.39 is 4.92 Å². The third kappa shape index (κ3) is 1.96. The quantitative estimate of drug-likeness (QED) is 0.592. The van der Waals surface area contributed by atoms with E-state index >= 15 is 0 Å². The highest BCUT2D eigenvalue weighted by molar-refractivity contribution is 5.94. The first-order valence-corrected chi connectivity index (χ1v) is 6.66. The summed E-state index contributed by atoms with van der Waals surface area (Å²) < 4.78 is 7.08. The topological polar surface area (TPSA) is 77.5 Å². The standard InChI is InChI=1S/C16H14N2O4/c1-10-16(18(20)21)12-8-7-11(19)9-14(12)17(10)13-5-3-4-6-15(13)22-2/h3-9,19H,1-2H3. The first-order chi connectivity index (χ1) is 10.5. The highest BCUT2D eigenvalue weighted by Gasteiger charge is 2.25. The Morgan fingerprint density at radius 1 is 1.23 bits per heavy atom. The van der Waals surface area contributed by atoms with Crippen LogP contribution in [0.15, 0.2) is 42.5 Å². The van der Waals surface area contributed by atoms with E-state index in [2.05, 4.69) is 0 Å². The molecule has 0 amide bonds. The molecule has 1 N–H and O–H groups in total. The molecule has 0 fully saturated rings. The number of nitrogens with zero attached hydrogens (tertiary/aromatic N) is 2. The average molecular weight is 298 g/mol. The summed E-state index contributed by atoms with van der Waals surface area (Å²) in [5, 5.41) is 21.6. The van der Waals surface area contributed by atoms with Crippen LogP contribution in [0.2, 0.25) is 0 Å². The van der Waals surface area contributed by atoms with E-state index in [-0.39, 0.29) is 11.4 Å². The zero-order chi connectivity index (χ0) is 15.9. The maximum Gasteiger partial charge on any atom is 0.298 e. The number of phenolic OH excluding ortho intramolecular Hbond substituents is 1. The molecule has 1 heterocycles. The van der Waals surface area contributed by atoms with Gasteiger partial charge in [-0.1, -0.05) is 12.1 Å². The SMILES string of the molecule is COc1ccccc1-n1c(C)c([N+](=O)[O-])c2ccc(O)cc21. The molecule has 6 heteroatoms. The second-order valence-electron chi connectivity index (χ2n) is 4.90. The zero-order valence-corrected chi connectivity index (χ0v) is 12.1. The summed E-state index contributed by atoms with van der Waals surface area (Å²) in [4.78, 5) is 11.0. The molecule has 0 atom stereocenters. The predicted octanol–water partition coefficient (Wildman–Crippen LogP) is 3.56. The number of ether oxygens (including phenoxy) is 1. The van der Waals surface area contributed by atoms with Crippen molar-refractivity contribution in [3.8, 4) is 17.2 Å². The molecular weight excluding hydrogens is 284 g/mol. The Morgan fingerprint density at radius 3 is 2.64 bits per heavy atom. The summed E-state index contributed by atoms with van der Waals surface area (Å²) in [7, 11) is 1.55. The molecule has 3 aromatic rings. The van der Waals surface area contributed by atoms with Crippen molar-refractivity contribution in [2.24, 2.45) is 0 Å². The third-order valence-electron chi connectivity index (χ3n) is 3.66. The zero-order valence-electron chi connectivity index (χ0n) is 12.1. The number of benzene rings is 2. The van der Waals surface area contributed by atoms with Crippen molar-refractivity contribution in [2.45, 2.75) is 6.92 Å². The fourth-order valence-electron chi connectivity index (χ4n) is 2.74. The molecule has 1 aromatic heterocycles. The minimum Gasteiger partial charge on any atom is -0.508 e. The van der Waals surface area contributed by atoms with Crippen molar-refractivity contribution in [3.63, 3.8) is 0 Å². The van der Waals surface area contributed by atoms with Gasteiger partial charge in [-0.05, 0) is 31.2 Å². The van der Waals surface area contributed by atoms with Gasteiger partial charge in [-0.3, -0.25) is 10.1 Å². The van der Waals surface area contributed by atoms with Gasteiger partial charge in [0.2, 0.25) is 0 Å². The lowest BCUT2D eigenvalue weighted by Gasteiger charge is -2.12. The minimum atomic E-state index is -0.402. The van der Waals surface area contributed by atoms with Gasteiger partial charge >= 0.3 is 0 Å². The molecule has 2 aromatic carbocycles. The van der Waals surface area contributed by atoms with Gasteiger partial charge in [-0.15, -0.1) is 0 Å². The number of hydrogen-bond donors (Lipinski definition) is 1. The molecule has 0 bridgehead atoms. The number of hydrogen-bond acceptors (Lipinski definition) is 4. The Kier molecular flexibility index (Phi) is 3.21. The molecule has 112 valence electrons. The van der Waals surface area contributed by atoms with Crippen molar-refractivity contribution in [1.82, 2.24) is 4.57 Å². The first-order valence-electron chi connectivity index (χ1n) is 6.66. The number of aromatic hydroxyl groups is 1. The summed E-state index contributed by atoms with van der Waals surface area (Å²) >= 11 is 0. The number of phenols is 1. The molecule has 0 saturated heterocycles. The highest BCUT2D eigenvalue weighted by atomic mass is 16.6. The number of fused-ring (bicyclic) bond motifs is 1. The van der Waals surface area contributed by atoms with Crippen molar-refractivity contribution >= 4 is 16.6 Å². The number of rotatable bonds is 3. The Labute approximate surface area is 126 Å². The monoisotopic (exact) mass is 298 g/mol. The molecule has 0 unspecified atom stereocenters. The van der Waals surface area contributed by atoms with Crippen molar-refractivity contribution in [3.05, 3.63) is 58.3 Å². The number of nitro groups is 1. The van der Waals surface area contributed by atoms with Crippen LogP contribution < -0.4 is 4.74 Å². The molecule has 0 radical (unpaired) electrons. The van der Waals surface area contributed by atoms with Crippen LogP contribution in [0.1, 0.15) is 5.69 Å². The van der Waals surface area contributed by atoms with Crippen LogP contribution in [0, 0.1) is 17.0 Å². The largest absolute Gasteiger partial charge is 0.508 e. The predicted molar refractivity (Wildman–Crippen MR) is 82.9 cm³/mol. The van der Waals surface area contributed by atoms with Gasteiger partial charge in [-0.25, -0.2) is 0 Å². The Hall–Kier alpha value is -3.02. The molecule has 0 aliphatic heterocycles. The lowest BCUT2D eigenvalue weighted by atomic mass is 10.2. The smallest absolute Gasteiger partial charge is 0.298 e. The number of methoxy groups -OCH3 is 1. The summed E-state index contributed by atoms with van der Waals surface area (Å²) in [6.45, 7) is 1.68. The number of aromatic nitrogens is 1. The van der Waals surface area contributed by atoms with Crippen molar-refractivity contribution < 1.29 is 14.8 Å². The molecular formula is C16H14N2O4. The summed E-state index contributed by atoms with van der Waals surface area (Å²) in [5.74, 6) is 0.650. The summed E-state index contributed by atoms with van der Waals surface area (Å²) in [5.41, 5.74) is 1.76. The van der Waals surface area contributed by atoms with Crippen molar-refractivity contribution in [1.29, 1.82) is 0 Å². The first kappa shape index (κ1) is 13.9. The lowest BCUT2D eigenvalue weighted by Crippen LogP contribution is -2.00. The molecule has 0 aliphatic rings. The second-order valence-corrected chi connectivity index (χ2v) is 4.90. The Balaban J connectivity index is 2.46. The maximum atomic E-state index is 11.4. The van der Waals surface area contributed by atoms with E-state index in [1.54, 1.807) is 30.7 Å². The molecule has 0 spiro atoms. The van der Waals surface area contributed by atoms with Crippen LogP contribution in [-0.2, 0) is 0 Å². The van der Waals surface area contributed by atoms with Gasteiger partial charge in [0.1, 0.15) is 11.5 Å². The molecule has 3 rings (SSSR count). The van der Waals surface area contributed by atoms with Crippen LogP contribution in [0.3, 0.4) is 0 Å². The fraction of sp³-hybridized carbons (Fsp3) is 0.125. The van der Waals surface area contributed by atoms with Crippen molar-refractivity contribution in [2.75, 3.05) is 7.11 Å².